The number of likely N-dealkylation sites (N-methyl/N-ethyl adjacent to an activating group) is 1. The molecule has 0 saturated heterocycles. The summed E-state index contributed by atoms with van der Waals surface area (Å²) in [7, 11) is 0. The summed E-state index contributed by atoms with van der Waals surface area (Å²) in [5, 5.41) is 9.79. The third-order valence-electron chi connectivity index (χ3n) is 4.43. The highest BCUT2D eigenvalue weighted by atomic mass is 35.5. The minimum atomic E-state index is 0.0342. The molecule has 0 fully saturated rings. The van der Waals surface area contributed by atoms with Gasteiger partial charge in [-0.1, -0.05) is 65.8 Å². The van der Waals surface area contributed by atoms with Crippen LogP contribution in [0.3, 0.4) is 0 Å². The van der Waals surface area contributed by atoms with E-state index in [9.17, 15) is 4.79 Å². The van der Waals surface area contributed by atoms with Gasteiger partial charge in [-0.2, -0.15) is 0 Å². The molecular weight excluding hydrogens is 432 g/mol. The number of hydrogen-bond donors (Lipinski definition) is 0. The van der Waals surface area contributed by atoms with Crippen molar-refractivity contribution >= 4 is 29.3 Å². The minimum Gasteiger partial charge on any atom is -0.484 e. The van der Waals surface area contributed by atoms with Crippen molar-refractivity contribution in [3.8, 4) is 11.4 Å². The van der Waals surface area contributed by atoms with Gasteiger partial charge in [-0.25, -0.2) is 0 Å². The average molecular weight is 457 g/mol. The predicted octanol–water partition coefficient (Wildman–Crippen LogP) is 5.02. The van der Waals surface area contributed by atoms with E-state index in [1.807, 2.05) is 60.9 Å². The Kier molecular flexibility index (Phi) is 8.14. The van der Waals surface area contributed by atoms with Crippen molar-refractivity contribution in [2.24, 2.45) is 0 Å². The van der Waals surface area contributed by atoms with Crippen LogP contribution in [-0.2, 0) is 11.4 Å². The lowest BCUT2D eigenvalue weighted by Crippen LogP contribution is -2.33. The topological polar surface area (TPSA) is 60.3 Å². The second-order valence-electron chi connectivity index (χ2n) is 6.94. The summed E-state index contributed by atoms with van der Waals surface area (Å²) in [4.78, 5) is 14.4. The van der Waals surface area contributed by atoms with Crippen LogP contribution in [0.5, 0.6) is 5.75 Å². The molecule has 1 amide bonds. The maximum atomic E-state index is 12.7. The van der Waals surface area contributed by atoms with Crippen LogP contribution in [0.1, 0.15) is 19.7 Å². The van der Waals surface area contributed by atoms with Crippen molar-refractivity contribution in [3.05, 3.63) is 77.6 Å². The molecule has 0 aliphatic carbocycles. The highest BCUT2D eigenvalue weighted by Gasteiger charge is 2.18. The number of amides is 1. The van der Waals surface area contributed by atoms with Crippen LogP contribution in [0.2, 0.25) is 5.02 Å². The van der Waals surface area contributed by atoms with Crippen molar-refractivity contribution < 1.29 is 9.53 Å². The fourth-order valence-corrected chi connectivity index (χ4v) is 4.01. The Labute approximate surface area is 191 Å². The molecule has 0 radical (unpaired) electrons. The molecule has 8 heteroatoms. The quantitative estimate of drug-likeness (QED) is 0.317. The van der Waals surface area contributed by atoms with Crippen LogP contribution in [-0.4, -0.2) is 44.4 Å². The number of halogens is 1. The van der Waals surface area contributed by atoms with E-state index >= 15 is 0 Å². The van der Waals surface area contributed by atoms with Gasteiger partial charge in [0.15, 0.2) is 11.0 Å². The average Bonchev–Trinajstić information content (AvgIpc) is 3.18. The summed E-state index contributed by atoms with van der Waals surface area (Å²) in [6.45, 7) is 9.16. The molecule has 0 aliphatic rings. The molecular formula is C23H25ClN4O2S. The zero-order chi connectivity index (χ0) is 22.2. The Morgan fingerprint density at radius 1 is 1.16 bits per heavy atom. The first-order chi connectivity index (χ1) is 15.0. The molecule has 2 aromatic carbocycles. The summed E-state index contributed by atoms with van der Waals surface area (Å²) in [5.74, 6) is 1.49. The molecule has 0 N–H and O–H groups in total. The van der Waals surface area contributed by atoms with Gasteiger partial charge in [-0.05, 0) is 38.1 Å². The van der Waals surface area contributed by atoms with E-state index in [-0.39, 0.29) is 18.3 Å². The first-order valence-electron chi connectivity index (χ1n) is 9.91. The smallest absolute Gasteiger partial charge is 0.233 e. The Morgan fingerprint density at radius 3 is 2.55 bits per heavy atom. The molecule has 0 saturated carbocycles. The third-order valence-corrected chi connectivity index (χ3v) is 5.65. The molecule has 31 heavy (non-hydrogen) atoms. The number of nitrogens with zero attached hydrogens (tertiary/aromatic N) is 4. The van der Waals surface area contributed by atoms with E-state index in [1.165, 1.54) is 11.8 Å². The SMILES string of the molecule is C=C(C)CN(CC)C(=O)CSc1nnc(COc2ccccc2Cl)n1-c1ccccc1. The van der Waals surface area contributed by atoms with Crippen molar-refractivity contribution in [2.45, 2.75) is 25.6 Å². The molecule has 1 heterocycles. The zero-order valence-corrected chi connectivity index (χ0v) is 19.2. The minimum absolute atomic E-state index is 0.0342. The lowest BCUT2D eigenvalue weighted by Gasteiger charge is -2.20. The third kappa shape index (κ3) is 6.12. The van der Waals surface area contributed by atoms with Gasteiger partial charge in [0.25, 0.3) is 0 Å². The maximum Gasteiger partial charge on any atom is 0.233 e. The number of hydrogen-bond acceptors (Lipinski definition) is 5. The number of carbonyl (C=O) groups is 1. The Morgan fingerprint density at radius 2 is 1.87 bits per heavy atom. The molecule has 162 valence electrons. The van der Waals surface area contributed by atoms with E-state index in [1.54, 1.807) is 17.0 Å². The van der Waals surface area contributed by atoms with Gasteiger partial charge in [-0.15, -0.1) is 10.2 Å². The standard InChI is InChI=1S/C23H25ClN4O2S/c1-4-27(14-17(2)3)22(29)16-31-23-26-25-21(28(23)18-10-6-5-7-11-18)15-30-20-13-9-8-12-19(20)24/h5-13H,2,4,14-16H2,1,3H3. The van der Waals surface area contributed by atoms with E-state index in [0.29, 0.717) is 34.8 Å². The van der Waals surface area contributed by atoms with E-state index in [0.717, 1.165) is 11.3 Å². The first kappa shape index (κ1) is 22.9. The van der Waals surface area contributed by atoms with Gasteiger partial charge in [0, 0.05) is 18.8 Å². The van der Waals surface area contributed by atoms with Crippen LogP contribution < -0.4 is 4.74 Å². The summed E-state index contributed by atoms with van der Waals surface area (Å²) in [5.41, 5.74) is 1.85. The van der Waals surface area contributed by atoms with Crippen molar-refractivity contribution in [1.29, 1.82) is 0 Å². The van der Waals surface area contributed by atoms with Crippen molar-refractivity contribution in [2.75, 3.05) is 18.8 Å². The Hall–Kier alpha value is -2.77. The molecule has 0 spiro atoms. The second kappa shape index (κ2) is 11.0. The molecule has 0 bridgehead atoms. The van der Waals surface area contributed by atoms with Crippen LogP contribution in [0, 0.1) is 0 Å². The second-order valence-corrected chi connectivity index (χ2v) is 8.29. The highest BCUT2D eigenvalue weighted by Crippen LogP contribution is 2.26. The van der Waals surface area contributed by atoms with Crippen LogP contribution in [0.25, 0.3) is 5.69 Å². The van der Waals surface area contributed by atoms with Crippen molar-refractivity contribution in [1.82, 2.24) is 19.7 Å². The van der Waals surface area contributed by atoms with Gasteiger partial charge in [0.05, 0.1) is 10.8 Å². The number of ether oxygens (including phenoxy) is 1. The summed E-state index contributed by atoms with van der Waals surface area (Å²) < 4.78 is 7.78. The van der Waals surface area contributed by atoms with Gasteiger partial charge in [0.1, 0.15) is 12.4 Å². The number of para-hydroxylation sites is 2. The molecule has 0 atom stereocenters. The predicted molar refractivity (Wildman–Crippen MR) is 125 cm³/mol. The Bertz CT molecular complexity index is 1040. The van der Waals surface area contributed by atoms with Gasteiger partial charge < -0.3 is 9.64 Å². The van der Waals surface area contributed by atoms with Gasteiger partial charge in [-0.3, -0.25) is 9.36 Å². The van der Waals surface area contributed by atoms with Gasteiger partial charge >= 0.3 is 0 Å². The van der Waals surface area contributed by atoms with E-state index < -0.39 is 0 Å². The molecule has 3 rings (SSSR count). The van der Waals surface area contributed by atoms with E-state index in [2.05, 4.69) is 16.8 Å². The maximum absolute atomic E-state index is 12.7. The summed E-state index contributed by atoms with van der Waals surface area (Å²) in [6, 6.07) is 17.1. The summed E-state index contributed by atoms with van der Waals surface area (Å²) in [6.07, 6.45) is 0. The number of rotatable bonds is 10. The molecule has 6 nitrogen and oxygen atoms in total. The molecule has 1 aromatic heterocycles. The molecule has 0 aliphatic heterocycles. The fraction of sp³-hybridized carbons (Fsp3) is 0.261. The molecule has 3 aromatic rings. The largest absolute Gasteiger partial charge is 0.484 e. The lowest BCUT2D eigenvalue weighted by atomic mass is 10.3. The van der Waals surface area contributed by atoms with Crippen LogP contribution in [0.4, 0.5) is 0 Å². The number of thioether (sulfide) groups is 1. The highest BCUT2D eigenvalue weighted by molar-refractivity contribution is 7.99. The normalized spacial score (nSPS) is 10.7. The van der Waals surface area contributed by atoms with Gasteiger partial charge in [0.2, 0.25) is 5.91 Å². The van der Waals surface area contributed by atoms with Crippen molar-refractivity contribution in [3.63, 3.8) is 0 Å². The number of carbonyl (C=O) groups excluding carboxylic acids is 1. The lowest BCUT2D eigenvalue weighted by molar-refractivity contribution is -0.127. The van der Waals surface area contributed by atoms with E-state index in [4.69, 9.17) is 16.3 Å². The van der Waals surface area contributed by atoms with Crippen LogP contribution in [0.15, 0.2) is 71.9 Å². The number of benzene rings is 2. The van der Waals surface area contributed by atoms with Crippen LogP contribution >= 0.6 is 23.4 Å². The number of aromatic nitrogens is 3. The zero-order valence-electron chi connectivity index (χ0n) is 17.6. The first-order valence-corrected chi connectivity index (χ1v) is 11.3. The Balaban J connectivity index is 1.80. The molecule has 0 unspecified atom stereocenters. The monoisotopic (exact) mass is 456 g/mol. The fourth-order valence-electron chi connectivity index (χ4n) is 2.95. The summed E-state index contributed by atoms with van der Waals surface area (Å²) >= 11 is 7.55.